The molecule has 1 aliphatic rings. The van der Waals surface area contributed by atoms with Gasteiger partial charge in [0.1, 0.15) is 16.2 Å². The minimum Gasteiger partial charge on any atom is -0.497 e. The van der Waals surface area contributed by atoms with Crippen LogP contribution in [0, 0.1) is 0 Å². The first-order valence-electron chi connectivity index (χ1n) is 12.3. The average molecular weight is 592 g/mol. The number of thiazole rings is 1. The SMILES string of the molecule is COc1cccc(CNC(=O)C2(c3nc(-c4ccc(Cl)c(Cl)c4)cs3)C=CC(c3ccccc3)=C(C(=O)O)C2)c1. The molecule has 1 amide bonds. The molecule has 202 valence electrons. The molecule has 1 aliphatic carbocycles. The van der Waals surface area contributed by atoms with E-state index in [-0.39, 0.29) is 24.4 Å². The van der Waals surface area contributed by atoms with Gasteiger partial charge in [-0.3, -0.25) is 4.79 Å². The molecule has 9 heteroatoms. The molecule has 4 aromatic rings. The fourth-order valence-corrected chi connectivity index (χ4v) is 5.93. The van der Waals surface area contributed by atoms with Crippen molar-refractivity contribution in [2.75, 3.05) is 7.11 Å². The van der Waals surface area contributed by atoms with Crippen molar-refractivity contribution in [3.05, 3.63) is 122 Å². The summed E-state index contributed by atoms with van der Waals surface area (Å²) in [6.07, 6.45) is 3.41. The normalized spacial score (nSPS) is 16.6. The number of methoxy groups -OCH3 is 1. The Bertz CT molecular complexity index is 1650. The maximum absolute atomic E-state index is 14.0. The second-order valence-corrected chi connectivity index (χ2v) is 10.9. The number of amides is 1. The summed E-state index contributed by atoms with van der Waals surface area (Å²) >= 11 is 13.6. The number of aliphatic carboxylic acids is 1. The molecule has 40 heavy (non-hydrogen) atoms. The molecule has 0 bridgehead atoms. The summed E-state index contributed by atoms with van der Waals surface area (Å²) in [7, 11) is 1.58. The smallest absolute Gasteiger partial charge is 0.332 e. The Morgan fingerprint density at radius 1 is 1.02 bits per heavy atom. The van der Waals surface area contributed by atoms with Gasteiger partial charge in [0.15, 0.2) is 0 Å². The van der Waals surface area contributed by atoms with Gasteiger partial charge in [0.2, 0.25) is 5.91 Å². The first-order chi connectivity index (χ1) is 19.3. The average Bonchev–Trinajstić information content (AvgIpc) is 3.48. The van der Waals surface area contributed by atoms with Crippen molar-refractivity contribution in [3.8, 4) is 17.0 Å². The Hall–Kier alpha value is -3.91. The van der Waals surface area contributed by atoms with Gasteiger partial charge in [-0.2, -0.15) is 0 Å². The minimum atomic E-state index is -1.34. The number of hydrogen-bond acceptors (Lipinski definition) is 5. The highest BCUT2D eigenvalue weighted by atomic mass is 35.5. The lowest BCUT2D eigenvalue weighted by Crippen LogP contribution is -2.44. The van der Waals surface area contributed by atoms with Crippen LogP contribution in [0.5, 0.6) is 5.75 Å². The van der Waals surface area contributed by atoms with Crippen molar-refractivity contribution in [3.63, 3.8) is 0 Å². The van der Waals surface area contributed by atoms with E-state index in [1.54, 1.807) is 37.5 Å². The van der Waals surface area contributed by atoms with Crippen molar-refractivity contribution in [2.45, 2.75) is 18.4 Å². The van der Waals surface area contributed by atoms with Gasteiger partial charge in [-0.15, -0.1) is 11.3 Å². The summed E-state index contributed by atoms with van der Waals surface area (Å²) in [6, 6.07) is 21.9. The molecule has 0 saturated heterocycles. The summed E-state index contributed by atoms with van der Waals surface area (Å²) in [6.45, 7) is 0.230. The molecule has 0 saturated carbocycles. The maximum atomic E-state index is 14.0. The Balaban J connectivity index is 1.55. The number of aromatic nitrogens is 1. The van der Waals surface area contributed by atoms with Crippen LogP contribution in [0.15, 0.2) is 95.9 Å². The first-order valence-corrected chi connectivity index (χ1v) is 14.0. The predicted octanol–water partition coefficient (Wildman–Crippen LogP) is 7.18. The number of hydrogen-bond donors (Lipinski definition) is 2. The zero-order valence-electron chi connectivity index (χ0n) is 21.4. The van der Waals surface area contributed by atoms with Crippen molar-refractivity contribution in [1.82, 2.24) is 10.3 Å². The van der Waals surface area contributed by atoms with E-state index in [0.717, 1.165) is 16.7 Å². The van der Waals surface area contributed by atoms with Crippen molar-refractivity contribution in [2.24, 2.45) is 0 Å². The van der Waals surface area contributed by atoms with Gasteiger partial charge in [0, 0.05) is 29.5 Å². The molecule has 6 nitrogen and oxygen atoms in total. The Kier molecular flexibility index (Phi) is 8.07. The van der Waals surface area contributed by atoms with Crippen LogP contribution in [0.3, 0.4) is 0 Å². The molecule has 0 spiro atoms. The molecule has 0 aliphatic heterocycles. The van der Waals surface area contributed by atoms with Crippen LogP contribution in [0.2, 0.25) is 10.0 Å². The van der Waals surface area contributed by atoms with E-state index >= 15 is 0 Å². The highest BCUT2D eigenvalue weighted by Crippen LogP contribution is 2.43. The molecular formula is C31H24Cl2N2O4S. The van der Waals surface area contributed by atoms with Gasteiger partial charge in [-0.25, -0.2) is 9.78 Å². The van der Waals surface area contributed by atoms with E-state index in [9.17, 15) is 14.7 Å². The van der Waals surface area contributed by atoms with Gasteiger partial charge in [0.05, 0.1) is 22.8 Å². The minimum absolute atomic E-state index is 0.0681. The maximum Gasteiger partial charge on any atom is 0.332 e. The number of benzene rings is 3. The van der Waals surface area contributed by atoms with Gasteiger partial charge in [-0.1, -0.05) is 83.9 Å². The third-order valence-corrected chi connectivity index (χ3v) is 8.51. The second-order valence-electron chi connectivity index (χ2n) is 9.25. The lowest BCUT2D eigenvalue weighted by atomic mass is 9.74. The van der Waals surface area contributed by atoms with E-state index < -0.39 is 11.4 Å². The molecule has 1 atom stereocenters. The number of carbonyl (C=O) groups excluding carboxylic acids is 1. The molecule has 2 N–H and O–H groups in total. The number of nitrogens with one attached hydrogen (secondary N) is 1. The number of halogens is 2. The van der Waals surface area contributed by atoms with Crippen molar-refractivity contribution < 1.29 is 19.4 Å². The van der Waals surface area contributed by atoms with E-state index in [4.69, 9.17) is 32.9 Å². The van der Waals surface area contributed by atoms with Crippen LogP contribution in [0.25, 0.3) is 16.8 Å². The van der Waals surface area contributed by atoms with Gasteiger partial charge in [-0.05, 0) is 41.0 Å². The highest BCUT2D eigenvalue weighted by Gasteiger charge is 2.45. The number of nitrogens with zero attached hydrogens (tertiary/aromatic N) is 1. The number of carbonyl (C=O) groups is 2. The Labute approximate surface area is 245 Å². The quantitative estimate of drug-likeness (QED) is 0.227. The van der Waals surface area contributed by atoms with Gasteiger partial charge in [0.25, 0.3) is 0 Å². The summed E-state index contributed by atoms with van der Waals surface area (Å²) in [4.78, 5) is 31.4. The zero-order chi connectivity index (χ0) is 28.3. The summed E-state index contributed by atoms with van der Waals surface area (Å²) in [5, 5.41) is 16.4. The Morgan fingerprint density at radius 3 is 2.55 bits per heavy atom. The van der Waals surface area contributed by atoms with Crippen molar-refractivity contribution >= 4 is 52.0 Å². The third kappa shape index (κ3) is 5.54. The van der Waals surface area contributed by atoms with E-state index in [0.29, 0.717) is 32.1 Å². The predicted molar refractivity (Wildman–Crippen MR) is 159 cm³/mol. The number of ether oxygens (including phenoxy) is 1. The topological polar surface area (TPSA) is 88.5 Å². The fourth-order valence-electron chi connectivity index (χ4n) is 4.63. The molecular weight excluding hydrogens is 567 g/mol. The largest absolute Gasteiger partial charge is 0.497 e. The van der Waals surface area contributed by atoms with E-state index in [1.165, 1.54) is 11.3 Å². The summed E-state index contributed by atoms with van der Waals surface area (Å²) < 4.78 is 5.30. The molecule has 1 aromatic heterocycles. The lowest BCUT2D eigenvalue weighted by Gasteiger charge is -2.31. The molecule has 5 rings (SSSR count). The molecule has 0 radical (unpaired) electrons. The Morgan fingerprint density at radius 2 is 1.82 bits per heavy atom. The van der Waals surface area contributed by atoms with Gasteiger partial charge < -0.3 is 15.2 Å². The first kappa shape index (κ1) is 27.6. The summed E-state index contributed by atoms with van der Waals surface area (Å²) in [5.74, 6) is -0.768. The third-order valence-electron chi connectivity index (χ3n) is 6.75. The van der Waals surface area contributed by atoms with Crippen LogP contribution in [-0.2, 0) is 21.5 Å². The number of rotatable bonds is 8. The number of carboxylic acids is 1. The van der Waals surface area contributed by atoms with E-state index in [1.807, 2.05) is 60.0 Å². The molecule has 1 heterocycles. The fraction of sp³-hybridized carbons (Fsp3) is 0.129. The van der Waals surface area contributed by atoms with Crippen LogP contribution in [0.4, 0.5) is 0 Å². The standard InChI is InChI=1S/C31H24Cl2N2O4S/c1-39-22-9-5-6-19(14-22)17-34-29(38)31(30-35-27(18-40-30)21-10-11-25(32)26(33)15-21)13-12-23(24(16-31)28(36)37)20-7-3-2-4-8-20/h2-15,18H,16-17H2,1H3,(H,34,38)(H,36,37). The van der Waals surface area contributed by atoms with E-state index in [2.05, 4.69) is 5.32 Å². The van der Waals surface area contributed by atoms with Crippen LogP contribution in [-0.4, -0.2) is 29.1 Å². The number of allylic oxidation sites excluding steroid dienone is 2. The zero-order valence-corrected chi connectivity index (χ0v) is 23.7. The van der Waals surface area contributed by atoms with Crippen LogP contribution in [0.1, 0.15) is 22.6 Å². The van der Waals surface area contributed by atoms with Crippen molar-refractivity contribution in [1.29, 1.82) is 0 Å². The summed E-state index contributed by atoms with van der Waals surface area (Å²) in [5.41, 5.74) is 2.31. The second kappa shape index (κ2) is 11.7. The van der Waals surface area contributed by atoms with Gasteiger partial charge >= 0.3 is 5.97 Å². The molecule has 1 unspecified atom stereocenters. The van der Waals surface area contributed by atoms with Crippen LogP contribution < -0.4 is 10.1 Å². The highest BCUT2D eigenvalue weighted by molar-refractivity contribution is 7.10. The molecule has 0 fully saturated rings. The monoisotopic (exact) mass is 590 g/mol. The number of carboxylic acid groups (broad SMARTS) is 1. The van der Waals surface area contributed by atoms with Crippen LogP contribution >= 0.6 is 34.5 Å². The lowest BCUT2D eigenvalue weighted by molar-refractivity contribution is -0.133. The molecule has 3 aromatic carbocycles.